The number of hydrogen-bond donors (Lipinski definition) is 1. The Morgan fingerprint density at radius 2 is 1.27 bits per heavy atom. The highest BCUT2D eigenvalue weighted by atomic mass is 16.5. The molecule has 2 atom stereocenters. The van der Waals surface area contributed by atoms with Gasteiger partial charge in [-0.3, -0.25) is 9.59 Å². The minimum atomic E-state index is -0.404. The molecule has 0 spiro atoms. The molecule has 0 aliphatic heterocycles. The molecule has 1 aromatic rings. The Hall–Kier alpha value is -2.12. The van der Waals surface area contributed by atoms with Gasteiger partial charge in [-0.25, -0.2) is 0 Å². The first-order chi connectivity index (χ1) is 15.9. The third-order valence-electron chi connectivity index (χ3n) is 6.01. The van der Waals surface area contributed by atoms with Crippen molar-refractivity contribution in [2.45, 2.75) is 78.4 Å². The Kier molecular flexibility index (Phi) is 11.7. The minimum absolute atomic E-state index is 0.00951. The van der Waals surface area contributed by atoms with Gasteiger partial charge < -0.3 is 24.4 Å². The molecule has 1 N–H and O–H groups in total. The van der Waals surface area contributed by atoms with Crippen LogP contribution in [0, 0.1) is 0 Å². The van der Waals surface area contributed by atoms with E-state index in [1.54, 1.807) is 6.07 Å². The number of carbonyl (C=O) groups excluding carboxylic acids is 2. The van der Waals surface area contributed by atoms with Crippen molar-refractivity contribution in [1.82, 2.24) is 9.80 Å². The quantitative estimate of drug-likeness (QED) is 0.457. The molecule has 0 aromatic heterocycles. The monoisotopic (exact) mass is 462 g/mol. The average Bonchev–Trinajstić information content (AvgIpc) is 2.80. The van der Waals surface area contributed by atoms with Crippen LogP contribution in [-0.4, -0.2) is 78.3 Å². The summed E-state index contributed by atoms with van der Waals surface area (Å²) in [6, 6.07) is 5.46. The van der Waals surface area contributed by atoms with E-state index in [0.717, 1.165) is 49.9 Å². The van der Waals surface area contributed by atoms with Gasteiger partial charge in [0.25, 0.3) is 0 Å². The van der Waals surface area contributed by atoms with Crippen molar-refractivity contribution in [3.8, 4) is 5.75 Å². The number of hydrogen-bond acceptors (Lipinski definition) is 5. The van der Waals surface area contributed by atoms with Crippen LogP contribution in [0.3, 0.4) is 0 Å². The number of rotatable bonds is 14. The van der Waals surface area contributed by atoms with E-state index in [2.05, 4.69) is 27.7 Å². The zero-order valence-corrected chi connectivity index (χ0v) is 20.8. The maximum Gasteiger partial charge on any atom is 0.248 e. The van der Waals surface area contributed by atoms with Crippen molar-refractivity contribution < 1.29 is 24.2 Å². The lowest BCUT2D eigenvalue weighted by Gasteiger charge is -2.34. The van der Waals surface area contributed by atoms with Crippen LogP contribution in [0.25, 0.3) is 0 Å². The van der Waals surface area contributed by atoms with Gasteiger partial charge in [0, 0.05) is 39.0 Å². The van der Waals surface area contributed by atoms with E-state index < -0.39 is 6.10 Å². The Labute approximate surface area is 199 Å². The fourth-order valence-electron chi connectivity index (χ4n) is 4.40. The zero-order valence-electron chi connectivity index (χ0n) is 20.8. The van der Waals surface area contributed by atoms with Crippen molar-refractivity contribution in [2.75, 3.05) is 39.4 Å². The van der Waals surface area contributed by atoms with E-state index in [4.69, 9.17) is 9.47 Å². The number of nitrogens with zero attached hydrogens (tertiary/aromatic N) is 2. The molecular weight excluding hydrogens is 420 g/mol. The summed E-state index contributed by atoms with van der Waals surface area (Å²) < 4.78 is 12.2. The van der Waals surface area contributed by atoms with E-state index in [-0.39, 0.29) is 36.9 Å². The largest absolute Gasteiger partial charge is 0.508 e. The van der Waals surface area contributed by atoms with Crippen LogP contribution in [0.4, 0.5) is 0 Å². The molecule has 2 amide bonds. The summed E-state index contributed by atoms with van der Waals surface area (Å²) in [5.74, 6) is 0.179. The van der Waals surface area contributed by atoms with Crippen molar-refractivity contribution in [3.63, 3.8) is 0 Å². The second-order valence-corrected chi connectivity index (χ2v) is 8.78. The van der Waals surface area contributed by atoms with Gasteiger partial charge in [0.1, 0.15) is 19.0 Å². The normalized spacial score (nSPS) is 17.5. The van der Waals surface area contributed by atoms with Gasteiger partial charge in [0.05, 0.1) is 12.2 Å². The smallest absolute Gasteiger partial charge is 0.248 e. The second-order valence-electron chi connectivity index (χ2n) is 8.78. The summed E-state index contributed by atoms with van der Waals surface area (Å²) in [6.45, 7) is 11.0. The molecule has 0 bridgehead atoms. The number of phenolic OH excluding ortho intramolecular Hbond substituents is 1. The average molecular weight is 463 g/mol. The highest BCUT2D eigenvalue weighted by molar-refractivity contribution is 5.78. The number of ether oxygens (including phenoxy) is 2. The number of fused-ring (bicyclic) bond motifs is 1. The predicted molar refractivity (Wildman–Crippen MR) is 129 cm³/mol. The molecule has 0 fully saturated rings. The summed E-state index contributed by atoms with van der Waals surface area (Å²) in [7, 11) is 0. The minimum Gasteiger partial charge on any atom is -0.508 e. The Morgan fingerprint density at radius 3 is 1.73 bits per heavy atom. The molecule has 2 rings (SSSR count). The molecule has 0 saturated heterocycles. The van der Waals surface area contributed by atoms with Gasteiger partial charge in [0.2, 0.25) is 11.8 Å². The molecule has 0 unspecified atom stereocenters. The Bertz CT molecular complexity index is 742. The Morgan fingerprint density at radius 1 is 0.818 bits per heavy atom. The Balaban J connectivity index is 2.09. The fourth-order valence-corrected chi connectivity index (χ4v) is 4.40. The zero-order chi connectivity index (χ0) is 24.2. The van der Waals surface area contributed by atoms with Crippen LogP contribution < -0.4 is 0 Å². The van der Waals surface area contributed by atoms with Gasteiger partial charge in [-0.1, -0.05) is 39.8 Å². The summed E-state index contributed by atoms with van der Waals surface area (Å²) in [6.07, 6.45) is 3.83. The predicted octanol–water partition coefficient (Wildman–Crippen LogP) is 3.56. The highest BCUT2D eigenvalue weighted by Gasteiger charge is 2.33. The molecule has 186 valence electrons. The van der Waals surface area contributed by atoms with Gasteiger partial charge in [-0.05, 0) is 42.9 Å². The number of aromatic hydroxyl groups is 1. The summed E-state index contributed by atoms with van der Waals surface area (Å²) in [4.78, 5) is 29.1. The molecule has 7 nitrogen and oxygen atoms in total. The lowest BCUT2D eigenvalue weighted by Crippen LogP contribution is -2.44. The fraction of sp³-hybridized carbons (Fsp3) is 0.692. The first-order valence-electron chi connectivity index (χ1n) is 12.5. The van der Waals surface area contributed by atoms with Crippen molar-refractivity contribution >= 4 is 11.8 Å². The molecule has 0 saturated carbocycles. The maximum absolute atomic E-state index is 12.7. The lowest BCUT2D eigenvalue weighted by molar-refractivity contribution is -0.149. The van der Waals surface area contributed by atoms with Crippen LogP contribution >= 0.6 is 0 Å². The van der Waals surface area contributed by atoms with E-state index >= 15 is 0 Å². The summed E-state index contributed by atoms with van der Waals surface area (Å²) >= 11 is 0. The van der Waals surface area contributed by atoms with E-state index in [9.17, 15) is 14.7 Å². The number of amides is 2. The second kappa shape index (κ2) is 14.2. The standard InChI is InChI=1S/C26H42N2O5/c1-5-12-27(13-6-2)25(30)18-32-23-16-20-10-9-11-22(29)21(20)17-24(23)33-19-26(31)28(14-7-3)15-8-4/h9-11,23-24,29H,5-8,12-19H2,1-4H3/t23-,24-/m1/s1. The van der Waals surface area contributed by atoms with Crippen molar-refractivity contribution in [3.05, 3.63) is 29.3 Å². The molecule has 7 heteroatoms. The molecular formula is C26H42N2O5. The van der Waals surface area contributed by atoms with Gasteiger partial charge in [-0.15, -0.1) is 0 Å². The molecule has 1 aromatic carbocycles. The lowest BCUT2D eigenvalue weighted by atomic mass is 9.87. The van der Waals surface area contributed by atoms with E-state index in [1.165, 1.54) is 0 Å². The van der Waals surface area contributed by atoms with Crippen molar-refractivity contribution in [1.29, 1.82) is 0 Å². The van der Waals surface area contributed by atoms with Crippen LogP contribution in [-0.2, 0) is 31.9 Å². The number of phenols is 1. The van der Waals surface area contributed by atoms with Gasteiger partial charge in [0.15, 0.2) is 0 Å². The van der Waals surface area contributed by atoms with Crippen molar-refractivity contribution in [2.24, 2.45) is 0 Å². The maximum atomic E-state index is 12.7. The summed E-state index contributed by atoms with van der Waals surface area (Å²) in [5, 5.41) is 10.3. The van der Waals surface area contributed by atoms with E-state index in [0.29, 0.717) is 25.9 Å². The number of carbonyl (C=O) groups is 2. The molecule has 1 aliphatic carbocycles. The van der Waals surface area contributed by atoms with Crippen LogP contribution in [0.15, 0.2) is 18.2 Å². The molecule has 0 heterocycles. The number of benzene rings is 1. The van der Waals surface area contributed by atoms with Crippen LogP contribution in [0.2, 0.25) is 0 Å². The topological polar surface area (TPSA) is 79.3 Å². The first kappa shape index (κ1) is 27.1. The third kappa shape index (κ3) is 8.00. The first-order valence-corrected chi connectivity index (χ1v) is 12.5. The summed E-state index contributed by atoms with van der Waals surface area (Å²) in [5.41, 5.74) is 1.83. The molecule has 33 heavy (non-hydrogen) atoms. The molecule has 1 aliphatic rings. The van der Waals surface area contributed by atoms with Crippen LogP contribution in [0.5, 0.6) is 5.75 Å². The molecule has 0 radical (unpaired) electrons. The third-order valence-corrected chi connectivity index (χ3v) is 6.01. The van der Waals surface area contributed by atoms with Crippen LogP contribution in [0.1, 0.15) is 64.5 Å². The van der Waals surface area contributed by atoms with Gasteiger partial charge in [-0.2, -0.15) is 0 Å². The van der Waals surface area contributed by atoms with Gasteiger partial charge >= 0.3 is 0 Å². The van der Waals surface area contributed by atoms with E-state index in [1.807, 2.05) is 21.9 Å². The highest BCUT2D eigenvalue weighted by Crippen LogP contribution is 2.31. The SMILES string of the molecule is CCCN(CCC)C(=O)CO[C@@H]1Cc2cccc(O)c2C[C@H]1OCC(=O)N(CCC)CCC.